The van der Waals surface area contributed by atoms with Gasteiger partial charge in [-0.05, 0) is 42.1 Å². The van der Waals surface area contributed by atoms with Gasteiger partial charge in [-0.25, -0.2) is 4.98 Å². The van der Waals surface area contributed by atoms with E-state index in [0.29, 0.717) is 12.1 Å². The van der Waals surface area contributed by atoms with Gasteiger partial charge in [0.2, 0.25) is 0 Å². The molecule has 0 amide bonds. The highest BCUT2D eigenvalue weighted by Crippen LogP contribution is 2.28. The van der Waals surface area contributed by atoms with Crippen LogP contribution in [0.1, 0.15) is 11.4 Å². The number of aromatic amines is 1. The Kier molecular flexibility index (Phi) is 3.61. The van der Waals surface area contributed by atoms with Crippen molar-refractivity contribution in [1.82, 2.24) is 14.5 Å². The maximum absolute atomic E-state index is 12.5. The van der Waals surface area contributed by atoms with Crippen LogP contribution in [-0.4, -0.2) is 19.6 Å². The first-order chi connectivity index (χ1) is 12.1. The normalized spacial score (nSPS) is 11.1. The summed E-state index contributed by atoms with van der Waals surface area (Å²) >= 11 is 0. The lowest BCUT2D eigenvalue weighted by molar-refractivity contribution is 0.481. The molecule has 0 saturated heterocycles. The number of H-pyrrole nitrogens is 1. The summed E-state index contributed by atoms with van der Waals surface area (Å²) in [5.41, 5.74) is 3.07. The summed E-state index contributed by atoms with van der Waals surface area (Å²) in [6.45, 7) is 2.54. The molecule has 25 heavy (non-hydrogen) atoms. The summed E-state index contributed by atoms with van der Waals surface area (Å²) in [5.74, 6) is 0.211. The largest absolute Gasteiger partial charge is 0.507 e. The molecule has 4 aromatic rings. The van der Waals surface area contributed by atoms with E-state index in [1.165, 1.54) is 0 Å². The van der Waals surface area contributed by atoms with Crippen molar-refractivity contribution in [3.05, 3.63) is 82.8 Å². The number of nitrogens with one attached hydrogen (secondary N) is 1. The zero-order chi connectivity index (χ0) is 17.4. The molecule has 0 aliphatic carbocycles. The molecule has 124 valence electrons. The Hall–Kier alpha value is -3.34. The molecule has 5 heteroatoms. The van der Waals surface area contributed by atoms with Gasteiger partial charge in [-0.2, -0.15) is 0 Å². The van der Waals surface area contributed by atoms with Crippen LogP contribution in [0.25, 0.3) is 21.9 Å². The molecule has 2 N–H and O–H groups in total. The summed E-state index contributed by atoms with van der Waals surface area (Å²) in [5, 5.41) is 11.7. The van der Waals surface area contributed by atoms with E-state index in [9.17, 15) is 9.90 Å². The van der Waals surface area contributed by atoms with Crippen LogP contribution in [0.5, 0.6) is 5.75 Å². The van der Waals surface area contributed by atoms with Gasteiger partial charge >= 0.3 is 0 Å². The molecule has 0 saturated carbocycles. The lowest BCUT2D eigenvalue weighted by Crippen LogP contribution is -2.13. The van der Waals surface area contributed by atoms with Gasteiger partial charge in [0.05, 0.1) is 12.9 Å². The number of nitrogens with zero attached hydrogens (tertiary/aromatic N) is 2. The highest BCUT2D eigenvalue weighted by Gasteiger charge is 2.08. The van der Waals surface area contributed by atoms with E-state index in [2.05, 4.69) is 9.97 Å². The minimum Gasteiger partial charge on any atom is -0.507 e. The van der Waals surface area contributed by atoms with Gasteiger partial charge in [0.1, 0.15) is 5.75 Å². The third kappa shape index (κ3) is 2.80. The van der Waals surface area contributed by atoms with E-state index in [1.807, 2.05) is 47.9 Å². The van der Waals surface area contributed by atoms with Crippen molar-refractivity contribution >= 4 is 10.8 Å². The standard InChI is InChI=1S/C20H17N3O2/c1-13-10-21-12-23(13)11-16-7-8-17(20(25)22-16)15-6-5-14-3-2-4-19(24)18(14)9-15/h2-10,12,24H,11H2,1H3,(H,22,25). The van der Waals surface area contributed by atoms with Gasteiger partial charge in [0, 0.05) is 28.5 Å². The van der Waals surface area contributed by atoms with Gasteiger partial charge in [-0.1, -0.05) is 24.3 Å². The second kappa shape index (κ2) is 5.94. The number of pyridine rings is 1. The van der Waals surface area contributed by atoms with Gasteiger partial charge < -0.3 is 14.7 Å². The summed E-state index contributed by atoms with van der Waals surface area (Å²) in [6, 6.07) is 14.8. The fraction of sp³-hybridized carbons (Fsp3) is 0.100. The lowest BCUT2D eigenvalue weighted by atomic mass is 10.0. The quantitative estimate of drug-likeness (QED) is 0.604. The van der Waals surface area contributed by atoms with E-state index in [1.54, 1.807) is 24.7 Å². The number of aromatic hydroxyl groups is 1. The zero-order valence-corrected chi connectivity index (χ0v) is 13.7. The third-order valence-electron chi connectivity index (χ3n) is 4.40. The van der Waals surface area contributed by atoms with E-state index >= 15 is 0 Å². The molecule has 0 radical (unpaired) electrons. The van der Waals surface area contributed by atoms with E-state index in [4.69, 9.17) is 0 Å². The number of aromatic nitrogens is 3. The molecule has 0 aliphatic rings. The molecule has 2 heterocycles. The Morgan fingerprint density at radius 3 is 2.80 bits per heavy atom. The van der Waals surface area contributed by atoms with Crippen LogP contribution in [0.2, 0.25) is 0 Å². The van der Waals surface area contributed by atoms with Crippen molar-refractivity contribution in [1.29, 1.82) is 0 Å². The van der Waals surface area contributed by atoms with Crippen LogP contribution in [0.3, 0.4) is 0 Å². The molecule has 0 bridgehead atoms. The third-order valence-corrected chi connectivity index (χ3v) is 4.40. The van der Waals surface area contributed by atoms with E-state index in [0.717, 1.165) is 27.7 Å². The second-order valence-electron chi connectivity index (χ2n) is 6.10. The fourth-order valence-electron chi connectivity index (χ4n) is 2.99. The average molecular weight is 331 g/mol. The number of imidazole rings is 1. The van der Waals surface area contributed by atoms with Crippen molar-refractivity contribution < 1.29 is 5.11 Å². The van der Waals surface area contributed by atoms with Crippen LogP contribution >= 0.6 is 0 Å². The molecule has 0 spiro atoms. The molecule has 0 atom stereocenters. The van der Waals surface area contributed by atoms with Crippen LogP contribution in [0.4, 0.5) is 0 Å². The number of aryl methyl sites for hydroxylation is 1. The monoisotopic (exact) mass is 331 g/mol. The number of phenols is 1. The number of benzene rings is 2. The smallest absolute Gasteiger partial charge is 0.256 e. The minimum atomic E-state index is -0.148. The molecule has 0 unspecified atom stereocenters. The molecular formula is C20H17N3O2. The Balaban J connectivity index is 1.73. The van der Waals surface area contributed by atoms with E-state index in [-0.39, 0.29) is 11.3 Å². The number of rotatable bonds is 3. The van der Waals surface area contributed by atoms with Crippen molar-refractivity contribution in [3.8, 4) is 16.9 Å². The number of fused-ring (bicyclic) bond motifs is 1. The highest BCUT2D eigenvalue weighted by atomic mass is 16.3. The Bertz CT molecular complexity index is 1130. The van der Waals surface area contributed by atoms with Crippen molar-refractivity contribution in [2.24, 2.45) is 0 Å². The Morgan fingerprint density at radius 1 is 1.16 bits per heavy atom. The zero-order valence-electron chi connectivity index (χ0n) is 13.7. The first-order valence-electron chi connectivity index (χ1n) is 8.03. The SMILES string of the molecule is Cc1cncn1Cc1ccc(-c2ccc3cccc(O)c3c2)c(=O)[nH]1. The predicted octanol–water partition coefficient (Wildman–Crippen LogP) is 3.45. The predicted molar refractivity (Wildman–Crippen MR) is 97.7 cm³/mol. The van der Waals surface area contributed by atoms with Crippen LogP contribution in [0, 0.1) is 6.92 Å². The molecule has 0 aliphatic heterocycles. The minimum absolute atomic E-state index is 0.148. The Morgan fingerprint density at radius 2 is 2.04 bits per heavy atom. The maximum atomic E-state index is 12.5. The fourth-order valence-corrected chi connectivity index (χ4v) is 2.99. The number of hydrogen-bond acceptors (Lipinski definition) is 3. The first kappa shape index (κ1) is 15.2. The summed E-state index contributed by atoms with van der Waals surface area (Å²) < 4.78 is 1.97. The second-order valence-corrected chi connectivity index (χ2v) is 6.10. The van der Waals surface area contributed by atoms with Gasteiger partial charge in [0.25, 0.3) is 5.56 Å². The molecule has 4 rings (SSSR count). The van der Waals surface area contributed by atoms with Crippen molar-refractivity contribution in [2.45, 2.75) is 13.5 Å². The number of phenolic OH excluding ortho intramolecular Hbond substituents is 1. The van der Waals surface area contributed by atoms with Crippen LogP contribution in [-0.2, 0) is 6.54 Å². The van der Waals surface area contributed by atoms with Crippen LogP contribution in [0.15, 0.2) is 65.8 Å². The summed E-state index contributed by atoms with van der Waals surface area (Å²) in [4.78, 5) is 19.6. The number of hydrogen-bond donors (Lipinski definition) is 2. The Labute approximate surface area is 144 Å². The summed E-state index contributed by atoms with van der Waals surface area (Å²) in [7, 11) is 0. The average Bonchev–Trinajstić information content (AvgIpc) is 3.00. The lowest BCUT2D eigenvalue weighted by Gasteiger charge is -2.08. The maximum Gasteiger partial charge on any atom is 0.256 e. The molecule has 0 fully saturated rings. The van der Waals surface area contributed by atoms with E-state index < -0.39 is 0 Å². The van der Waals surface area contributed by atoms with Crippen LogP contribution < -0.4 is 5.56 Å². The summed E-state index contributed by atoms with van der Waals surface area (Å²) in [6.07, 6.45) is 3.53. The first-order valence-corrected chi connectivity index (χ1v) is 8.03. The van der Waals surface area contributed by atoms with Gasteiger partial charge in [-0.15, -0.1) is 0 Å². The molecule has 2 aromatic carbocycles. The van der Waals surface area contributed by atoms with Gasteiger partial charge in [0.15, 0.2) is 0 Å². The topological polar surface area (TPSA) is 70.9 Å². The highest BCUT2D eigenvalue weighted by molar-refractivity contribution is 5.91. The molecular weight excluding hydrogens is 314 g/mol. The van der Waals surface area contributed by atoms with Crippen molar-refractivity contribution in [2.75, 3.05) is 0 Å². The van der Waals surface area contributed by atoms with Gasteiger partial charge in [-0.3, -0.25) is 4.79 Å². The molecule has 5 nitrogen and oxygen atoms in total. The van der Waals surface area contributed by atoms with Crippen molar-refractivity contribution in [3.63, 3.8) is 0 Å². The molecule has 2 aromatic heterocycles.